The maximum absolute atomic E-state index is 5.47. The Kier molecular flexibility index (Phi) is 5.10. The summed E-state index contributed by atoms with van der Waals surface area (Å²) in [5, 5.41) is 9.20. The van der Waals surface area contributed by atoms with Crippen molar-refractivity contribution in [1.82, 2.24) is 0 Å². The highest BCUT2D eigenvalue weighted by molar-refractivity contribution is 9.09. The number of hydrogen-bond donors (Lipinski definition) is 0. The van der Waals surface area contributed by atoms with Gasteiger partial charge in [-0.1, -0.05) is 33.6 Å². The average Bonchev–Trinajstić information content (AvgIpc) is 2.46. The van der Waals surface area contributed by atoms with E-state index in [1.54, 1.807) is 0 Å². The lowest BCUT2D eigenvalue weighted by Gasteiger charge is -2.03. The molecule has 0 amide bonds. The van der Waals surface area contributed by atoms with E-state index >= 15 is 0 Å². The van der Waals surface area contributed by atoms with E-state index < -0.39 is 0 Å². The van der Waals surface area contributed by atoms with E-state index in [4.69, 9.17) is 4.74 Å². The number of azo groups is 1. The molecular weight excluding hydrogens is 304 g/mol. The van der Waals surface area contributed by atoms with Gasteiger partial charge in [-0.05, 0) is 43.3 Å². The Labute approximate surface area is 121 Å². The predicted octanol–water partition coefficient (Wildman–Crippen LogP) is 5.18. The highest BCUT2D eigenvalue weighted by Crippen LogP contribution is 2.21. The lowest BCUT2D eigenvalue weighted by Crippen LogP contribution is -1.96. The molecule has 0 spiro atoms. The number of benzene rings is 2. The SMILES string of the molecule is Cc1ccc(N=Nc2ccc(OCCBr)cc2)cc1. The van der Waals surface area contributed by atoms with Crippen molar-refractivity contribution in [2.24, 2.45) is 10.2 Å². The number of alkyl halides is 1. The van der Waals surface area contributed by atoms with Crippen LogP contribution in [0.4, 0.5) is 11.4 Å². The van der Waals surface area contributed by atoms with Crippen molar-refractivity contribution < 1.29 is 4.74 Å². The zero-order chi connectivity index (χ0) is 13.5. The number of nitrogens with zero attached hydrogens (tertiary/aromatic N) is 2. The smallest absolute Gasteiger partial charge is 0.119 e. The van der Waals surface area contributed by atoms with Crippen LogP contribution in [0.2, 0.25) is 0 Å². The molecule has 0 aliphatic rings. The molecule has 0 atom stereocenters. The lowest BCUT2D eigenvalue weighted by molar-refractivity contribution is 0.345. The van der Waals surface area contributed by atoms with E-state index in [-0.39, 0.29) is 0 Å². The predicted molar refractivity (Wildman–Crippen MR) is 81.1 cm³/mol. The van der Waals surface area contributed by atoms with Gasteiger partial charge in [0, 0.05) is 5.33 Å². The molecule has 0 saturated heterocycles. The summed E-state index contributed by atoms with van der Waals surface area (Å²) in [5.74, 6) is 0.841. The van der Waals surface area contributed by atoms with Gasteiger partial charge in [-0.2, -0.15) is 10.2 Å². The molecule has 0 saturated carbocycles. The molecule has 2 aromatic carbocycles. The monoisotopic (exact) mass is 318 g/mol. The van der Waals surface area contributed by atoms with Crippen LogP contribution in [-0.4, -0.2) is 11.9 Å². The van der Waals surface area contributed by atoms with Gasteiger partial charge in [0.05, 0.1) is 18.0 Å². The summed E-state index contributed by atoms with van der Waals surface area (Å²) in [5.41, 5.74) is 2.88. The van der Waals surface area contributed by atoms with Crippen LogP contribution >= 0.6 is 15.9 Å². The van der Waals surface area contributed by atoms with E-state index in [1.807, 2.05) is 55.5 Å². The van der Waals surface area contributed by atoms with E-state index in [0.717, 1.165) is 22.5 Å². The minimum atomic E-state index is 0.657. The maximum atomic E-state index is 5.47. The first kappa shape index (κ1) is 13.7. The number of hydrogen-bond acceptors (Lipinski definition) is 3. The second-order valence-electron chi connectivity index (χ2n) is 4.07. The van der Waals surface area contributed by atoms with Crippen LogP contribution in [0.1, 0.15) is 5.56 Å². The molecule has 19 heavy (non-hydrogen) atoms. The van der Waals surface area contributed by atoms with Crippen molar-refractivity contribution in [1.29, 1.82) is 0 Å². The second-order valence-corrected chi connectivity index (χ2v) is 4.86. The van der Waals surface area contributed by atoms with Crippen LogP contribution in [-0.2, 0) is 0 Å². The van der Waals surface area contributed by atoms with E-state index in [9.17, 15) is 0 Å². The molecule has 3 nitrogen and oxygen atoms in total. The molecule has 2 aromatic rings. The molecule has 2 rings (SSSR count). The summed E-state index contributed by atoms with van der Waals surface area (Å²) in [4.78, 5) is 0. The molecule has 0 heterocycles. The first-order chi connectivity index (χ1) is 9.28. The zero-order valence-electron chi connectivity index (χ0n) is 10.7. The maximum Gasteiger partial charge on any atom is 0.119 e. The average molecular weight is 319 g/mol. The minimum Gasteiger partial charge on any atom is -0.493 e. The van der Waals surface area contributed by atoms with E-state index in [1.165, 1.54) is 5.56 Å². The summed E-state index contributed by atoms with van der Waals surface area (Å²) < 4.78 is 5.47. The van der Waals surface area contributed by atoms with Crippen molar-refractivity contribution in [3.8, 4) is 5.75 Å². The molecule has 4 heteroatoms. The Balaban J connectivity index is 2.00. The zero-order valence-corrected chi connectivity index (χ0v) is 12.3. The molecule has 0 aliphatic carbocycles. The highest BCUT2D eigenvalue weighted by atomic mass is 79.9. The van der Waals surface area contributed by atoms with Crippen LogP contribution in [0.3, 0.4) is 0 Å². The number of rotatable bonds is 5. The van der Waals surface area contributed by atoms with Crippen molar-refractivity contribution in [2.45, 2.75) is 6.92 Å². The van der Waals surface area contributed by atoms with Crippen LogP contribution in [0, 0.1) is 6.92 Å². The third-order valence-electron chi connectivity index (χ3n) is 2.50. The molecule has 98 valence electrons. The van der Waals surface area contributed by atoms with E-state index in [2.05, 4.69) is 26.2 Å². The second kappa shape index (κ2) is 7.04. The van der Waals surface area contributed by atoms with Crippen LogP contribution in [0.15, 0.2) is 58.8 Å². The van der Waals surface area contributed by atoms with Gasteiger partial charge in [-0.3, -0.25) is 0 Å². The summed E-state index contributed by atoms with van der Waals surface area (Å²) in [6.07, 6.45) is 0. The molecule has 0 N–H and O–H groups in total. The quantitative estimate of drug-likeness (QED) is 0.552. The lowest BCUT2D eigenvalue weighted by atomic mass is 10.2. The van der Waals surface area contributed by atoms with Gasteiger partial charge in [-0.15, -0.1) is 0 Å². The normalized spacial score (nSPS) is 10.8. The molecule has 0 aliphatic heterocycles. The Morgan fingerprint density at radius 3 is 1.95 bits per heavy atom. The largest absolute Gasteiger partial charge is 0.493 e. The Bertz CT molecular complexity index is 535. The Hall–Kier alpha value is -1.68. The standard InChI is InChI=1S/C15H15BrN2O/c1-12-2-4-13(5-3-12)17-18-14-6-8-15(9-7-14)19-11-10-16/h2-9H,10-11H2,1H3. The first-order valence-corrected chi connectivity index (χ1v) is 7.17. The fourth-order valence-corrected chi connectivity index (χ4v) is 1.65. The van der Waals surface area contributed by atoms with Crippen molar-refractivity contribution in [3.63, 3.8) is 0 Å². The fourth-order valence-electron chi connectivity index (χ4n) is 1.49. The van der Waals surface area contributed by atoms with Crippen LogP contribution in [0.25, 0.3) is 0 Å². The van der Waals surface area contributed by atoms with Crippen LogP contribution in [0.5, 0.6) is 5.75 Å². The van der Waals surface area contributed by atoms with Gasteiger partial charge in [0.1, 0.15) is 5.75 Å². The van der Waals surface area contributed by atoms with Gasteiger partial charge in [0.15, 0.2) is 0 Å². The highest BCUT2D eigenvalue weighted by Gasteiger charge is 1.94. The minimum absolute atomic E-state index is 0.657. The molecule has 0 fully saturated rings. The Morgan fingerprint density at radius 2 is 1.42 bits per heavy atom. The Morgan fingerprint density at radius 1 is 0.895 bits per heavy atom. The summed E-state index contributed by atoms with van der Waals surface area (Å²) >= 11 is 3.32. The number of halogens is 1. The van der Waals surface area contributed by atoms with Crippen LogP contribution < -0.4 is 4.74 Å². The molecule has 0 aromatic heterocycles. The molecule has 0 radical (unpaired) electrons. The van der Waals surface area contributed by atoms with Gasteiger partial charge in [0.2, 0.25) is 0 Å². The van der Waals surface area contributed by atoms with Gasteiger partial charge >= 0.3 is 0 Å². The topological polar surface area (TPSA) is 34.0 Å². The summed E-state index contributed by atoms with van der Waals surface area (Å²) in [6, 6.07) is 15.5. The van der Waals surface area contributed by atoms with Crippen molar-refractivity contribution >= 4 is 27.3 Å². The van der Waals surface area contributed by atoms with Gasteiger partial charge in [0.25, 0.3) is 0 Å². The van der Waals surface area contributed by atoms with Crippen molar-refractivity contribution in [2.75, 3.05) is 11.9 Å². The number of ether oxygens (including phenoxy) is 1. The summed E-state index contributed by atoms with van der Waals surface area (Å²) in [6.45, 7) is 2.71. The van der Waals surface area contributed by atoms with Gasteiger partial charge in [-0.25, -0.2) is 0 Å². The third kappa shape index (κ3) is 4.48. The third-order valence-corrected chi connectivity index (χ3v) is 2.82. The molecule has 0 bridgehead atoms. The molecular formula is C15H15BrN2O. The van der Waals surface area contributed by atoms with E-state index in [0.29, 0.717) is 6.61 Å². The first-order valence-electron chi connectivity index (χ1n) is 6.05. The fraction of sp³-hybridized carbons (Fsp3) is 0.200. The summed E-state index contributed by atoms with van der Waals surface area (Å²) in [7, 11) is 0. The van der Waals surface area contributed by atoms with Gasteiger partial charge < -0.3 is 4.74 Å². The van der Waals surface area contributed by atoms with Crippen molar-refractivity contribution in [3.05, 3.63) is 54.1 Å². The number of aryl methyl sites for hydroxylation is 1. The molecule has 0 unspecified atom stereocenters.